The van der Waals surface area contributed by atoms with E-state index in [4.69, 9.17) is 10.00 Å². The van der Waals surface area contributed by atoms with E-state index in [2.05, 4.69) is 38.8 Å². The standard InChI is InChI=1S/C11H20N2O/c1-10(2,3)6-13(4)7-11(5-12)8-14-9-11/h6-9H2,1-4H3. The summed E-state index contributed by atoms with van der Waals surface area (Å²) < 4.78 is 5.11. The van der Waals surface area contributed by atoms with Gasteiger partial charge in [-0.2, -0.15) is 5.26 Å². The number of nitrogens with zero attached hydrogens (tertiary/aromatic N) is 2. The van der Waals surface area contributed by atoms with Gasteiger partial charge in [0.2, 0.25) is 0 Å². The van der Waals surface area contributed by atoms with Crippen LogP contribution in [0.4, 0.5) is 0 Å². The molecule has 3 heteroatoms. The summed E-state index contributed by atoms with van der Waals surface area (Å²) in [6.45, 7) is 9.65. The minimum atomic E-state index is -0.236. The molecule has 0 N–H and O–H groups in total. The zero-order chi connectivity index (χ0) is 10.8. The lowest BCUT2D eigenvalue weighted by Crippen LogP contribution is -2.50. The number of rotatable bonds is 3. The molecule has 1 rings (SSSR count). The van der Waals surface area contributed by atoms with E-state index >= 15 is 0 Å². The van der Waals surface area contributed by atoms with Gasteiger partial charge in [-0.15, -0.1) is 0 Å². The molecule has 0 radical (unpaired) electrons. The monoisotopic (exact) mass is 196 g/mol. The third-order valence-electron chi connectivity index (χ3n) is 2.31. The lowest BCUT2D eigenvalue weighted by Gasteiger charge is -2.39. The Morgan fingerprint density at radius 2 is 2.00 bits per heavy atom. The van der Waals surface area contributed by atoms with Crippen molar-refractivity contribution in [3.63, 3.8) is 0 Å². The third kappa shape index (κ3) is 2.97. The summed E-state index contributed by atoms with van der Waals surface area (Å²) in [5.74, 6) is 0. The Labute approximate surface area is 86.6 Å². The summed E-state index contributed by atoms with van der Waals surface area (Å²) in [5.41, 5.74) is 0.0516. The van der Waals surface area contributed by atoms with Crippen LogP contribution in [0.3, 0.4) is 0 Å². The lowest BCUT2D eigenvalue weighted by molar-refractivity contribution is -0.0907. The van der Waals surface area contributed by atoms with Crippen LogP contribution in [0.1, 0.15) is 20.8 Å². The Morgan fingerprint density at radius 3 is 2.29 bits per heavy atom. The molecule has 0 atom stereocenters. The number of nitriles is 1. The van der Waals surface area contributed by atoms with Crippen molar-refractivity contribution in [1.82, 2.24) is 4.90 Å². The Balaban J connectivity index is 2.41. The zero-order valence-electron chi connectivity index (χ0n) is 9.63. The van der Waals surface area contributed by atoms with Crippen molar-refractivity contribution in [3.05, 3.63) is 0 Å². The first-order valence-corrected chi connectivity index (χ1v) is 5.04. The van der Waals surface area contributed by atoms with Gasteiger partial charge < -0.3 is 9.64 Å². The van der Waals surface area contributed by atoms with Gasteiger partial charge in [-0.3, -0.25) is 0 Å². The van der Waals surface area contributed by atoms with Crippen LogP contribution in [-0.2, 0) is 4.74 Å². The largest absolute Gasteiger partial charge is 0.378 e. The van der Waals surface area contributed by atoms with E-state index in [1.165, 1.54) is 0 Å². The predicted octanol–water partition coefficient (Wildman–Crippen LogP) is 1.50. The van der Waals surface area contributed by atoms with Gasteiger partial charge in [-0.05, 0) is 12.5 Å². The molecule has 0 aromatic carbocycles. The highest BCUT2D eigenvalue weighted by Crippen LogP contribution is 2.28. The molecule has 0 amide bonds. The van der Waals surface area contributed by atoms with Gasteiger partial charge in [-0.25, -0.2) is 0 Å². The van der Waals surface area contributed by atoms with Crippen LogP contribution in [0.25, 0.3) is 0 Å². The minimum absolute atomic E-state index is 0.236. The van der Waals surface area contributed by atoms with Crippen LogP contribution >= 0.6 is 0 Å². The van der Waals surface area contributed by atoms with E-state index in [0.29, 0.717) is 13.2 Å². The zero-order valence-corrected chi connectivity index (χ0v) is 9.63. The fraction of sp³-hybridized carbons (Fsp3) is 0.909. The molecule has 1 heterocycles. The van der Waals surface area contributed by atoms with Gasteiger partial charge in [0.15, 0.2) is 0 Å². The maximum absolute atomic E-state index is 9.03. The van der Waals surface area contributed by atoms with Gasteiger partial charge in [-0.1, -0.05) is 20.8 Å². The maximum Gasteiger partial charge on any atom is 0.116 e. The van der Waals surface area contributed by atoms with Gasteiger partial charge in [0.05, 0.1) is 19.3 Å². The van der Waals surface area contributed by atoms with Crippen LogP contribution in [0, 0.1) is 22.2 Å². The van der Waals surface area contributed by atoms with Gasteiger partial charge >= 0.3 is 0 Å². The van der Waals surface area contributed by atoms with Gasteiger partial charge in [0.25, 0.3) is 0 Å². The Kier molecular flexibility index (Phi) is 3.18. The first-order chi connectivity index (χ1) is 6.37. The highest BCUT2D eigenvalue weighted by atomic mass is 16.5. The van der Waals surface area contributed by atoms with E-state index in [-0.39, 0.29) is 10.8 Å². The van der Waals surface area contributed by atoms with E-state index < -0.39 is 0 Å². The van der Waals surface area contributed by atoms with E-state index in [0.717, 1.165) is 13.1 Å². The highest BCUT2D eigenvalue weighted by molar-refractivity contribution is 5.05. The van der Waals surface area contributed by atoms with Crippen LogP contribution < -0.4 is 0 Å². The van der Waals surface area contributed by atoms with Crippen LogP contribution in [0.2, 0.25) is 0 Å². The lowest BCUT2D eigenvalue weighted by atomic mass is 9.86. The molecule has 0 spiro atoms. The van der Waals surface area contributed by atoms with Gasteiger partial charge in [0.1, 0.15) is 5.41 Å². The summed E-state index contributed by atoms with van der Waals surface area (Å²) in [6, 6.07) is 2.36. The molecule has 0 bridgehead atoms. The normalized spacial score (nSPS) is 20.3. The van der Waals surface area contributed by atoms with E-state index in [1.54, 1.807) is 0 Å². The van der Waals surface area contributed by atoms with Crippen molar-refractivity contribution in [2.24, 2.45) is 10.8 Å². The summed E-state index contributed by atoms with van der Waals surface area (Å²) in [7, 11) is 2.07. The molecule has 1 aliphatic rings. The molecule has 0 unspecified atom stereocenters. The van der Waals surface area contributed by atoms with Crippen molar-refractivity contribution >= 4 is 0 Å². The second-order valence-corrected chi connectivity index (χ2v) is 5.62. The molecule has 1 fully saturated rings. The summed E-state index contributed by atoms with van der Waals surface area (Å²) in [5, 5.41) is 9.03. The van der Waals surface area contributed by atoms with Crippen LogP contribution in [0.15, 0.2) is 0 Å². The van der Waals surface area contributed by atoms with Crippen molar-refractivity contribution < 1.29 is 4.74 Å². The highest BCUT2D eigenvalue weighted by Gasteiger charge is 2.40. The fourth-order valence-corrected chi connectivity index (χ4v) is 1.92. The topological polar surface area (TPSA) is 36.3 Å². The smallest absolute Gasteiger partial charge is 0.116 e. The number of hydrogen-bond acceptors (Lipinski definition) is 3. The number of ether oxygens (including phenoxy) is 1. The molecule has 0 saturated carbocycles. The van der Waals surface area contributed by atoms with E-state index in [9.17, 15) is 0 Å². The molecule has 0 aliphatic carbocycles. The first-order valence-electron chi connectivity index (χ1n) is 5.04. The molecule has 1 saturated heterocycles. The van der Waals surface area contributed by atoms with Crippen molar-refractivity contribution in [2.75, 3.05) is 33.4 Å². The summed E-state index contributed by atoms with van der Waals surface area (Å²) in [6.07, 6.45) is 0. The van der Waals surface area contributed by atoms with Crippen LogP contribution in [0.5, 0.6) is 0 Å². The molecule has 80 valence electrons. The Hall–Kier alpha value is -0.590. The third-order valence-corrected chi connectivity index (χ3v) is 2.31. The Bertz CT molecular complexity index is 233. The average molecular weight is 196 g/mol. The van der Waals surface area contributed by atoms with Crippen molar-refractivity contribution in [3.8, 4) is 6.07 Å². The molecule has 3 nitrogen and oxygen atoms in total. The molecular weight excluding hydrogens is 176 g/mol. The maximum atomic E-state index is 9.03. The SMILES string of the molecule is CN(CC(C)(C)C)CC1(C#N)COC1. The molecule has 1 aliphatic heterocycles. The quantitative estimate of drug-likeness (QED) is 0.686. The molecule has 14 heavy (non-hydrogen) atoms. The molecular formula is C11H20N2O. The minimum Gasteiger partial charge on any atom is -0.378 e. The first kappa shape index (κ1) is 11.5. The number of hydrogen-bond donors (Lipinski definition) is 0. The Morgan fingerprint density at radius 1 is 1.43 bits per heavy atom. The van der Waals surface area contributed by atoms with E-state index in [1.807, 2.05) is 0 Å². The van der Waals surface area contributed by atoms with Crippen LogP contribution in [-0.4, -0.2) is 38.3 Å². The van der Waals surface area contributed by atoms with Gasteiger partial charge in [0, 0.05) is 13.1 Å². The molecule has 0 aromatic rings. The second kappa shape index (κ2) is 3.88. The average Bonchev–Trinajstić information content (AvgIpc) is 1.93. The summed E-state index contributed by atoms with van der Waals surface area (Å²) in [4.78, 5) is 2.23. The molecule has 0 aromatic heterocycles. The summed E-state index contributed by atoms with van der Waals surface area (Å²) >= 11 is 0. The predicted molar refractivity (Wildman–Crippen MR) is 55.8 cm³/mol. The second-order valence-electron chi connectivity index (χ2n) is 5.62. The fourth-order valence-electron chi connectivity index (χ4n) is 1.92. The van der Waals surface area contributed by atoms with Crippen molar-refractivity contribution in [2.45, 2.75) is 20.8 Å². The van der Waals surface area contributed by atoms with Crippen molar-refractivity contribution in [1.29, 1.82) is 5.26 Å².